The van der Waals surface area contributed by atoms with Crippen LogP contribution in [0.25, 0.3) is 0 Å². The van der Waals surface area contributed by atoms with Crippen LogP contribution in [0.4, 0.5) is 0 Å². The van der Waals surface area contributed by atoms with Crippen molar-refractivity contribution in [2.75, 3.05) is 0 Å². The molecule has 0 radical (unpaired) electrons. The van der Waals surface area contributed by atoms with Crippen LogP contribution in [0.1, 0.15) is 79.6 Å². The Hall–Kier alpha value is -0.300. The van der Waals surface area contributed by atoms with Crippen LogP contribution in [0.15, 0.2) is 12.7 Å². The van der Waals surface area contributed by atoms with Gasteiger partial charge in [0.2, 0.25) is 0 Å². The van der Waals surface area contributed by atoms with Crippen LogP contribution >= 0.6 is 0 Å². The summed E-state index contributed by atoms with van der Waals surface area (Å²) in [7, 11) is 0. The third-order valence-corrected chi connectivity index (χ3v) is 7.07. The fraction of sp³-hybridized carbons (Fsp3) is 0.900. The summed E-state index contributed by atoms with van der Waals surface area (Å²) in [5.41, 5.74) is 0.260. The summed E-state index contributed by atoms with van der Waals surface area (Å²) >= 11 is 0. The number of aliphatic hydroxyl groups is 1. The lowest BCUT2D eigenvalue weighted by Gasteiger charge is -2.61. The van der Waals surface area contributed by atoms with Gasteiger partial charge in [-0.2, -0.15) is 0 Å². The molecule has 0 aromatic carbocycles. The highest BCUT2D eigenvalue weighted by Crippen LogP contribution is 2.62. The highest BCUT2D eigenvalue weighted by Gasteiger charge is 2.57. The molecular weight excluding hydrogens is 256 g/mol. The average Bonchev–Trinajstić information content (AvgIpc) is 2.35. The van der Waals surface area contributed by atoms with Gasteiger partial charge in [0.05, 0.1) is 5.60 Å². The third kappa shape index (κ3) is 3.09. The quantitative estimate of drug-likeness (QED) is 0.670. The van der Waals surface area contributed by atoms with Crippen LogP contribution in [0.2, 0.25) is 0 Å². The molecule has 0 aromatic rings. The number of allylic oxidation sites excluding steroid dienone is 1. The minimum Gasteiger partial charge on any atom is -0.390 e. The van der Waals surface area contributed by atoms with E-state index in [1.54, 1.807) is 0 Å². The van der Waals surface area contributed by atoms with Crippen molar-refractivity contribution in [2.24, 2.45) is 28.6 Å². The molecule has 0 aliphatic heterocycles. The molecule has 2 aliphatic carbocycles. The smallest absolute Gasteiger partial charge is 0.0653 e. The monoisotopic (exact) mass is 292 g/mol. The summed E-state index contributed by atoms with van der Waals surface area (Å²) in [5, 5.41) is 11.1. The molecule has 122 valence electrons. The molecule has 1 heteroatoms. The standard InChI is InChI=1S/C20H36O/c1-7-15(2)9-10-17-19(5)13-8-12-18(3,4)16(19)11-14-20(17,6)21/h7,15-17,21H,1,8-14H2,2-6H3/t15?,16?,17-,19+,20-/m1/s1. The second kappa shape index (κ2) is 5.72. The van der Waals surface area contributed by atoms with E-state index in [0.29, 0.717) is 22.7 Å². The average molecular weight is 293 g/mol. The lowest BCUT2D eigenvalue weighted by molar-refractivity contribution is -0.169. The van der Waals surface area contributed by atoms with Gasteiger partial charge in [-0.15, -0.1) is 6.58 Å². The molecule has 0 amide bonds. The van der Waals surface area contributed by atoms with Gasteiger partial charge in [-0.05, 0) is 74.0 Å². The molecular formula is C20H36O. The highest BCUT2D eigenvalue weighted by molar-refractivity contribution is 5.07. The van der Waals surface area contributed by atoms with Crippen LogP contribution in [0.5, 0.6) is 0 Å². The first-order valence-electron chi connectivity index (χ1n) is 8.98. The summed E-state index contributed by atoms with van der Waals surface area (Å²) in [4.78, 5) is 0. The Labute approximate surface area is 132 Å². The van der Waals surface area contributed by atoms with Gasteiger partial charge in [-0.3, -0.25) is 0 Å². The Morgan fingerprint density at radius 1 is 1.19 bits per heavy atom. The van der Waals surface area contributed by atoms with Gasteiger partial charge in [0.15, 0.2) is 0 Å². The lowest BCUT2D eigenvalue weighted by atomic mass is 9.45. The molecule has 5 atom stereocenters. The van der Waals surface area contributed by atoms with Gasteiger partial charge >= 0.3 is 0 Å². The zero-order chi connectivity index (χ0) is 15.9. The van der Waals surface area contributed by atoms with Crippen molar-refractivity contribution < 1.29 is 5.11 Å². The molecule has 0 aromatic heterocycles. The molecule has 0 spiro atoms. The first-order chi connectivity index (χ1) is 9.63. The van der Waals surface area contributed by atoms with E-state index in [2.05, 4.69) is 47.3 Å². The fourth-order valence-electron chi connectivity index (χ4n) is 5.81. The summed E-state index contributed by atoms with van der Waals surface area (Å²) in [6, 6.07) is 0. The molecule has 2 aliphatic rings. The van der Waals surface area contributed by atoms with Crippen LogP contribution in [0, 0.1) is 28.6 Å². The molecule has 0 saturated heterocycles. The molecule has 2 fully saturated rings. The van der Waals surface area contributed by atoms with E-state index in [9.17, 15) is 5.11 Å². The second-order valence-electron chi connectivity index (χ2n) is 9.14. The fourth-order valence-corrected chi connectivity index (χ4v) is 5.81. The van der Waals surface area contributed by atoms with Crippen molar-refractivity contribution in [3.63, 3.8) is 0 Å². The molecule has 2 saturated carbocycles. The number of hydrogen-bond acceptors (Lipinski definition) is 1. The van der Waals surface area contributed by atoms with Gasteiger partial charge < -0.3 is 5.11 Å². The Kier molecular flexibility index (Phi) is 4.65. The van der Waals surface area contributed by atoms with Crippen molar-refractivity contribution in [3.05, 3.63) is 12.7 Å². The Morgan fingerprint density at radius 2 is 1.86 bits per heavy atom. The van der Waals surface area contributed by atoms with Gasteiger partial charge in [0.1, 0.15) is 0 Å². The van der Waals surface area contributed by atoms with Gasteiger partial charge in [0.25, 0.3) is 0 Å². The topological polar surface area (TPSA) is 20.2 Å². The number of fused-ring (bicyclic) bond motifs is 1. The minimum atomic E-state index is -0.487. The number of rotatable bonds is 4. The van der Waals surface area contributed by atoms with E-state index in [0.717, 1.165) is 25.2 Å². The largest absolute Gasteiger partial charge is 0.390 e. The van der Waals surface area contributed by atoms with E-state index in [1.807, 2.05) is 0 Å². The Balaban J connectivity index is 2.26. The van der Waals surface area contributed by atoms with Crippen molar-refractivity contribution in [3.8, 4) is 0 Å². The van der Waals surface area contributed by atoms with E-state index in [4.69, 9.17) is 0 Å². The maximum atomic E-state index is 11.1. The third-order valence-electron chi connectivity index (χ3n) is 7.07. The lowest BCUT2D eigenvalue weighted by Crippen LogP contribution is -2.57. The van der Waals surface area contributed by atoms with Crippen LogP contribution in [-0.4, -0.2) is 10.7 Å². The first kappa shape index (κ1) is 17.1. The van der Waals surface area contributed by atoms with E-state index >= 15 is 0 Å². The van der Waals surface area contributed by atoms with Crippen LogP contribution in [0.3, 0.4) is 0 Å². The van der Waals surface area contributed by atoms with Crippen LogP contribution in [-0.2, 0) is 0 Å². The maximum absolute atomic E-state index is 11.1. The van der Waals surface area contributed by atoms with E-state index in [1.165, 1.54) is 25.7 Å². The first-order valence-corrected chi connectivity index (χ1v) is 8.98. The summed E-state index contributed by atoms with van der Waals surface area (Å²) in [5.74, 6) is 1.76. The molecule has 0 bridgehead atoms. The van der Waals surface area contributed by atoms with E-state index < -0.39 is 5.60 Å². The highest BCUT2D eigenvalue weighted by atomic mass is 16.3. The normalized spacial score (nSPS) is 43.9. The Bertz CT molecular complexity index is 381. The molecule has 2 rings (SSSR count). The summed E-state index contributed by atoms with van der Waals surface area (Å²) < 4.78 is 0. The van der Waals surface area contributed by atoms with Crippen LogP contribution < -0.4 is 0 Å². The molecule has 1 nitrogen and oxygen atoms in total. The predicted molar refractivity (Wildman–Crippen MR) is 91.2 cm³/mol. The second-order valence-corrected chi connectivity index (χ2v) is 9.14. The minimum absolute atomic E-state index is 0.310. The molecule has 1 N–H and O–H groups in total. The van der Waals surface area contributed by atoms with E-state index in [-0.39, 0.29) is 0 Å². The van der Waals surface area contributed by atoms with Crippen molar-refractivity contribution >= 4 is 0 Å². The van der Waals surface area contributed by atoms with Gasteiger partial charge in [-0.1, -0.05) is 40.2 Å². The van der Waals surface area contributed by atoms with Crippen molar-refractivity contribution in [1.29, 1.82) is 0 Å². The Morgan fingerprint density at radius 3 is 2.48 bits per heavy atom. The van der Waals surface area contributed by atoms with Crippen molar-refractivity contribution in [2.45, 2.75) is 85.2 Å². The zero-order valence-corrected chi connectivity index (χ0v) is 14.9. The van der Waals surface area contributed by atoms with Gasteiger partial charge in [0, 0.05) is 0 Å². The number of hydrogen-bond donors (Lipinski definition) is 1. The summed E-state index contributed by atoms with van der Waals surface area (Å²) in [6.07, 6.45) is 10.5. The maximum Gasteiger partial charge on any atom is 0.0653 e. The predicted octanol–water partition coefficient (Wildman–Crippen LogP) is 5.58. The zero-order valence-electron chi connectivity index (χ0n) is 14.9. The van der Waals surface area contributed by atoms with Gasteiger partial charge in [-0.25, -0.2) is 0 Å². The molecule has 21 heavy (non-hydrogen) atoms. The summed E-state index contributed by atoms with van der Waals surface area (Å²) in [6.45, 7) is 15.7. The van der Waals surface area contributed by atoms with Crippen molar-refractivity contribution in [1.82, 2.24) is 0 Å². The molecule has 2 unspecified atom stereocenters. The SMILES string of the molecule is C=CC(C)CC[C@@H]1[C@@]2(C)CCCC(C)(C)C2CC[C@@]1(C)O. The molecule has 0 heterocycles.